The van der Waals surface area contributed by atoms with Crippen molar-refractivity contribution in [3.63, 3.8) is 0 Å². The van der Waals surface area contributed by atoms with E-state index >= 15 is 0 Å². The van der Waals surface area contributed by atoms with Crippen LogP contribution >= 0.6 is 0 Å². The molecule has 1 aliphatic heterocycles. The van der Waals surface area contributed by atoms with Gasteiger partial charge in [0.2, 0.25) is 0 Å². The Hall–Kier alpha value is -4.07. The quantitative estimate of drug-likeness (QED) is 0.213. The largest absolute Gasteiger partial charge is 0.463 e. The molecule has 2 aromatic heterocycles. The van der Waals surface area contributed by atoms with Crippen LogP contribution in [0.4, 0.5) is 5.82 Å². The van der Waals surface area contributed by atoms with Gasteiger partial charge in [0.1, 0.15) is 42.2 Å². The summed E-state index contributed by atoms with van der Waals surface area (Å²) in [6.07, 6.45) is -2.21. The van der Waals surface area contributed by atoms with Gasteiger partial charge in [-0.2, -0.15) is 5.10 Å². The lowest BCUT2D eigenvalue weighted by Gasteiger charge is -2.32. The van der Waals surface area contributed by atoms with Gasteiger partial charge < -0.3 is 36.1 Å². The molecule has 1 aromatic carbocycles. The first-order valence-electron chi connectivity index (χ1n) is 14.2. The molecule has 3 heterocycles. The molecule has 13 nitrogen and oxygen atoms in total. The molecule has 6 atom stereocenters. The van der Waals surface area contributed by atoms with E-state index in [0.717, 1.165) is 5.56 Å². The fourth-order valence-electron chi connectivity index (χ4n) is 4.89. The minimum Gasteiger partial charge on any atom is -0.463 e. The summed E-state index contributed by atoms with van der Waals surface area (Å²) in [5.41, 5.74) is 18.5. The van der Waals surface area contributed by atoms with Crippen molar-refractivity contribution >= 4 is 29.2 Å². The van der Waals surface area contributed by atoms with E-state index in [2.05, 4.69) is 10.1 Å². The number of aromatic nitrogens is 3. The molecule has 3 aromatic rings. The molecule has 6 N–H and O–H groups in total. The number of nitrogens with zero attached hydrogens (tertiary/aromatic N) is 3. The lowest BCUT2D eigenvalue weighted by atomic mass is 9.92. The first kappa shape index (κ1) is 31.9. The monoisotopic (exact) mass is 596 g/mol. The summed E-state index contributed by atoms with van der Waals surface area (Å²) in [5, 5.41) is 4.32. The molecule has 0 saturated carbocycles. The molecule has 1 fully saturated rings. The molecule has 13 heteroatoms. The Kier molecular flexibility index (Phi) is 9.68. The fraction of sp³-hybridized carbons (Fsp3) is 0.500. The third-order valence-electron chi connectivity index (χ3n) is 7.67. The van der Waals surface area contributed by atoms with E-state index in [0.29, 0.717) is 11.2 Å². The van der Waals surface area contributed by atoms with E-state index in [1.165, 1.54) is 10.8 Å². The van der Waals surface area contributed by atoms with Crippen molar-refractivity contribution in [2.45, 2.75) is 77.0 Å². The van der Waals surface area contributed by atoms with Crippen molar-refractivity contribution in [3.8, 4) is 0 Å². The second-order valence-corrected chi connectivity index (χ2v) is 11.6. The summed E-state index contributed by atoms with van der Waals surface area (Å²) in [6, 6.07) is 10.6. The van der Waals surface area contributed by atoms with Gasteiger partial charge in [-0.3, -0.25) is 14.4 Å². The van der Waals surface area contributed by atoms with E-state index in [4.69, 9.17) is 36.1 Å². The first-order valence-corrected chi connectivity index (χ1v) is 14.2. The van der Waals surface area contributed by atoms with E-state index < -0.39 is 53.9 Å². The Balaban J connectivity index is 1.73. The number of hydrogen-bond acceptors (Lipinski definition) is 12. The van der Waals surface area contributed by atoms with Crippen molar-refractivity contribution < 1.29 is 33.3 Å². The van der Waals surface area contributed by atoms with Crippen LogP contribution < -0.4 is 17.2 Å². The van der Waals surface area contributed by atoms with Crippen LogP contribution in [0.5, 0.6) is 0 Å². The summed E-state index contributed by atoms with van der Waals surface area (Å²) < 4.78 is 25.5. The molecular weight excluding hydrogens is 556 g/mol. The maximum Gasteiger partial charge on any atom is 0.323 e. The third kappa shape index (κ3) is 6.79. The van der Waals surface area contributed by atoms with E-state index in [1.54, 1.807) is 58.9 Å². The van der Waals surface area contributed by atoms with E-state index in [9.17, 15) is 14.4 Å². The minimum absolute atomic E-state index is 0.0225. The van der Waals surface area contributed by atoms with Gasteiger partial charge in [0, 0.05) is 0 Å². The van der Waals surface area contributed by atoms with Gasteiger partial charge in [0.05, 0.1) is 12.1 Å². The average Bonchev–Trinajstić information content (AvgIpc) is 3.52. The highest BCUT2D eigenvalue weighted by molar-refractivity contribution is 5.77. The predicted octanol–water partition coefficient (Wildman–Crippen LogP) is 1.50. The summed E-state index contributed by atoms with van der Waals surface area (Å²) in [4.78, 5) is 43.2. The SMILES string of the molecule is CC(C)C(N)C(=O)O[C@H]1[C@@H](OC(=O)C(N)C(C)C)[C@](C)(c2ccc3c(N)ncnn23)O[C@@H]1COC(=O)Cc1ccccc1. The van der Waals surface area contributed by atoms with Crippen LogP contribution in [0.2, 0.25) is 0 Å². The Morgan fingerprint density at radius 3 is 2.23 bits per heavy atom. The van der Waals surface area contributed by atoms with Gasteiger partial charge in [-0.05, 0) is 36.5 Å². The molecule has 4 rings (SSSR count). The van der Waals surface area contributed by atoms with Gasteiger partial charge in [0.15, 0.2) is 18.0 Å². The number of hydrogen-bond donors (Lipinski definition) is 3. The van der Waals surface area contributed by atoms with Crippen LogP contribution in [-0.2, 0) is 45.4 Å². The number of fused-ring (bicyclic) bond motifs is 1. The third-order valence-corrected chi connectivity index (χ3v) is 7.67. The second-order valence-electron chi connectivity index (χ2n) is 11.6. The normalized spacial score (nSPS) is 23.3. The van der Waals surface area contributed by atoms with Crippen molar-refractivity contribution in [1.82, 2.24) is 14.6 Å². The topological polar surface area (TPSA) is 196 Å². The van der Waals surface area contributed by atoms with Crippen molar-refractivity contribution in [3.05, 3.63) is 60.0 Å². The zero-order valence-corrected chi connectivity index (χ0v) is 25.0. The molecule has 0 radical (unpaired) electrons. The van der Waals surface area contributed by atoms with Crippen molar-refractivity contribution in [2.75, 3.05) is 12.3 Å². The van der Waals surface area contributed by atoms with Crippen LogP contribution in [0.25, 0.3) is 5.52 Å². The highest BCUT2D eigenvalue weighted by atomic mass is 16.7. The molecule has 1 saturated heterocycles. The summed E-state index contributed by atoms with van der Waals surface area (Å²) in [6.45, 7) is 8.48. The van der Waals surface area contributed by atoms with Crippen LogP contribution in [0.3, 0.4) is 0 Å². The maximum atomic E-state index is 13.3. The molecule has 0 bridgehead atoms. The molecular formula is C30H40N6O7. The molecule has 1 aliphatic rings. The maximum absolute atomic E-state index is 13.3. The Morgan fingerprint density at radius 1 is 0.977 bits per heavy atom. The highest BCUT2D eigenvalue weighted by Crippen LogP contribution is 2.44. The molecule has 232 valence electrons. The molecule has 2 unspecified atom stereocenters. The molecule has 0 aliphatic carbocycles. The van der Waals surface area contributed by atoms with Crippen molar-refractivity contribution in [1.29, 1.82) is 0 Å². The summed E-state index contributed by atoms with van der Waals surface area (Å²) >= 11 is 0. The van der Waals surface area contributed by atoms with Gasteiger partial charge >= 0.3 is 17.9 Å². The second kappa shape index (κ2) is 13.1. The van der Waals surface area contributed by atoms with Gasteiger partial charge in [-0.25, -0.2) is 9.50 Å². The number of carbonyl (C=O) groups is 3. The van der Waals surface area contributed by atoms with Gasteiger partial charge in [-0.1, -0.05) is 58.0 Å². The van der Waals surface area contributed by atoms with Crippen LogP contribution in [0, 0.1) is 11.8 Å². The lowest BCUT2D eigenvalue weighted by Crippen LogP contribution is -2.50. The average molecular weight is 597 g/mol. The number of anilines is 1. The van der Waals surface area contributed by atoms with Crippen LogP contribution in [0.15, 0.2) is 48.8 Å². The fourth-order valence-corrected chi connectivity index (χ4v) is 4.89. The Morgan fingerprint density at radius 2 is 1.60 bits per heavy atom. The number of carbonyl (C=O) groups excluding carboxylic acids is 3. The number of esters is 3. The molecule has 43 heavy (non-hydrogen) atoms. The number of nitrogens with two attached hydrogens (primary N) is 3. The number of benzene rings is 1. The smallest absolute Gasteiger partial charge is 0.323 e. The first-order chi connectivity index (χ1) is 20.3. The Labute approximate surface area is 250 Å². The number of nitrogen functional groups attached to an aromatic ring is 1. The van der Waals surface area contributed by atoms with E-state index in [-0.39, 0.29) is 30.7 Å². The van der Waals surface area contributed by atoms with Crippen LogP contribution in [-0.4, -0.2) is 69.5 Å². The minimum atomic E-state index is -1.47. The summed E-state index contributed by atoms with van der Waals surface area (Å²) in [5.74, 6) is -2.23. The number of ether oxygens (including phenoxy) is 4. The summed E-state index contributed by atoms with van der Waals surface area (Å²) in [7, 11) is 0. The molecule has 0 amide bonds. The molecule has 0 spiro atoms. The lowest BCUT2D eigenvalue weighted by molar-refractivity contribution is -0.174. The Bertz CT molecular complexity index is 1450. The van der Waals surface area contributed by atoms with Gasteiger partial charge in [-0.15, -0.1) is 0 Å². The van der Waals surface area contributed by atoms with Crippen LogP contribution in [0.1, 0.15) is 45.9 Å². The van der Waals surface area contributed by atoms with Crippen molar-refractivity contribution in [2.24, 2.45) is 23.3 Å². The standard InChI is InChI=1S/C30H40N6O7/c1-16(2)23(31)28(38)41-25-20(14-40-22(37)13-18-9-7-6-8-10-18)43-30(5,26(25)42-29(39)24(32)17(3)4)21-12-11-19-27(33)34-15-35-36(19)21/h6-12,15-17,20,23-26H,13-14,31-32H2,1-5H3,(H2,33,34,35)/t20-,23?,24?,25-,26-,30+/m1/s1. The predicted molar refractivity (Wildman–Crippen MR) is 156 cm³/mol. The number of rotatable bonds is 11. The zero-order chi connectivity index (χ0) is 31.5. The van der Waals surface area contributed by atoms with E-state index in [1.807, 2.05) is 18.2 Å². The highest BCUT2D eigenvalue weighted by Gasteiger charge is 2.59. The zero-order valence-electron chi connectivity index (χ0n) is 25.0. The van der Waals surface area contributed by atoms with Gasteiger partial charge in [0.25, 0.3) is 0 Å².